The lowest BCUT2D eigenvalue weighted by molar-refractivity contribution is -0.141. The van der Waals surface area contributed by atoms with Gasteiger partial charge in [-0.3, -0.25) is 0 Å². The highest BCUT2D eigenvalue weighted by Crippen LogP contribution is 2.11. The molecule has 2 unspecified atom stereocenters. The normalized spacial score (nSPS) is 27.4. The van der Waals surface area contributed by atoms with E-state index in [1.807, 2.05) is 13.8 Å². The molecule has 1 heterocycles. The molecule has 18 heavy (non-hydrogen) atoms. The van der Waals surface area contributed by atoms with Crippen molar-refractivity contribution in [3.8, 4) is 0 Å². The molecular weight excluding hydrogens is 240 g/mol. The standard InChI is InChI=1S/C11H20N2O5/c1-6-4-13(5-7(2)18-6)11(17)12-9(8(3)14)10(15)16/h6-9,14H,4-5H2,1-3H3,(H,12,17)(H,15,16)/t6-,7+,8?,9?. The van der Waals surface area contributed by atoms with Gasteiger partial charge in [-0.2, -0.15) is 0 Å². The average Bonchev–Trinajstić information content (AvgIpc) is 2.23. The van der Waals surface area contributed by atoms with E-state index in [0.717, 1.165) is 0 Å². The highest BCUT2D eigenvalue weighted by Gasteiger charge is 2.30. The summed E-state index contributed by atoms with van der Waals surface area (Å²) in [7, 11) is 0. The molecule has 1 rings (SSSR count). The molecule has 0 bridgehead atoms. The van der Waals surface area contributed by atoms with Crippen molar-refractivity contribution < 1.29 is 24.5 Å². The summed E-state index contributed by atoms with van der Waals surface area (Å²) < 4.78 is 5.48. The van der Waals surface area contributed by atoms with Crippen LogP contribution in [0.2, 0.25) is 0 Å². The molecule has 2 amide bonds. The van der Waals surface area contributed by atoms with Gasteiger partial charge < -0.3 is 25.2 Å². The summed E-state index contributed by atoms with van der Waals surface area (Å²) >= 11 is 0. The highest BCUT2D eigenvalue weighted by atomic mass is 16.5. The Morgan fingerprint density at radius 1 is 1.33 bits per heavy atom. The number of carboxylic acid groups (broad SMARTS) is 1. The number of nitrogens with one attached hydrogen (secondary N) is 1. The Morgan fingerprint density at radius 2 is 1.83 bits per heavy atom. The molecule has 1 aliphatic heterocycles. The fourth-order valence-corrected chi connectivity index (χ4v) is 1.96. The number of carbonyl (C=O) groups excluding carboxylic acids is 1. The number of amides is 2. The van der Waals surface area contributed by atoms with E-state index in [4.69, 9.17) is 9.84 Å². The van der Waals surface area contributed by atoms with Gasteiger partial charge >= 0.3 is 12.0 Å². The summed E-state index contributed by atoms with van der Waals surface area (Å²) in [6, 6.07) is -1.80. The number of carboxylic acids is 1. The summed E-state index contributed by atoms with van der Waals surface area (Å²) in [4.78, 5) is 24.3. The second-order valence-electron chi connectivity index (χ2n) is 4.67. The van der Waals surface area contributed by atoms with Gasteiger partial charge in [-0.25, -0.2) is 9.59 Å². The summed E-state index contributed by atoms with van der Waals surface area (Å²) in [5.74, 6) is -1.26. The number of ether oxygens (including phenoxy) is 1. The molecule has 0 aliphatic carbocycles. The lowest BCUT2D eigenvalue weighted by atomic mass is 10.2. The molecule has 1 saturated heterocycles. The zero-order chi connectivity index (χ0) is 13.9. The third-order valence-corrected chi connectivity index (χ3v) is 2.73. The molecule has 0 aromatic heterocycles. The van der Waals surface area contributed by atoms with Gasteiger partial charge in [-0.15, -0.1) is 0 Å². The van der Waals surface area contributed by atoms with E-state index in [9.17, 15) is 14.7 Å². The van der Waals surface area contributed by atoms with Crippen LogP contribution in [0.1, 0.15) is 20.8 Å². The fraction of sp³-hybridized carbons (Fsp3) is 0.818. The summed E-state index contributed by atoms with van der Waals surface area (Å²) in [5.41, 5.74) is 0. The number of nitrogens with zero attached hydrogens (tertiary/aromatic N) is 1. The Kier molecular flexibility index (Phi) is 4.92. The van der Waals surface area contributed by atoms with Crippen LogP contribution in [0, 0.1) is 0 Å². The predicted octanol–water partition coefficient (Wildman–Crippen LogP) is -0.361. The second kappa shape index (κ2) is 6.01. The smallest absolute Gasteiger partial charge is 0.328 e. The van der Waals surface area contributed by atoms with Crippen molar-refractivity contribution in [2.45, 2.75) is 45.1 Å². The van der Waals surface area contributed by atoms with Crippen molar-refractivity contribution in [3.63, 3.8) is 0 Å². The SMILES string of the molecule is CC(O)C(NC(=O)N1C[C@@H](C)O[C@@H](C)C1)C(=O)O. The van der Waals surface area contributed by atoms with Gasteiger partial charge in [-0.1, -0.05) is 0 Å². The van der Waals surface area contributed by atoms with Crippen molar-refractivity contribution in [3.05, 3.63) is 0 Å². The average molecular weight is 260 g/mol. The molecule has 3 N–H and O–H groups in total. The number of aliphatic carboxylic acids is 1. The quantitative estimate of drug-likeness (QED) is 0.643. The molecule has 1 fully saturated rings. The van der Waals surface area contributed by atoms with Crippen molar-refractivity contribution in [2.75, 3.05) is 13.1 Å². The second-order valence-corrected chi connectivity index (χ2v) is 4.67. The molecule has 104 valence electrons. The molecule has 0 aromatic rings. The molecule has 0 saturated carbocycles. The molecule has 1 aliphatic rings. The van der Waals surface area contributed by atoms with Crippen LogP contribution in [0.25, 0.3) is 0 Å². The number of aliphatic hydroxyl groups excluding tert-OH is 1. The minimum Gasteiger partial charge on any atom is -0.480 e. The van der Waals surface area contributed by atoms with E-state index in [2.05, 4.69) is 5.32 Å². The lowest BCUT2D eigenvalue weighted by Gasteiger charge is -2.36. The third kappa shape index (κ3) is 3.85. The van der Waals surface area contributed by atoms with Gasteiger partial charge in [0, 0.05) is 13.1 Å². The van der Waals surface area contributed by atoms with Gasteiger partial charge in [-0.05, 0) is 20.8 Å². The van der Waals surface area contributed by atoms with E-state index in [1.165, 1.54) is 11.8 Å². The van der Waals surface area contributed by atoms with Gasteiger partial charge in [0.25, 0.3) is 0 Å². The zero-order valence-corrected chi connectivity index (χ0v) is 10.8. The zero-order valence-electron chi connectivity index (χ0n) is 10.8. The van der Waals surface area contributed by atoms with E-state index in [0.29, 0.717) is 13.1 Å². The van der Waals surface area contributed by atoms with Crippen LogP contribution < -0.4 is 5.32 Å². The Balaban J connectivity index is 2.61. The first kappa shape index (κ1) is 14.7. The Hall–Kier alpha value is -1.34. The number of rotatable bonds is 3. The van der Waals surface area contributed by atoms with E-state index in [1.54, 1.807) is 0 Å². The van der Waals surface area contributed by atoms with E-state index in [-0.39, 0.29) is 12.2 Å². The third-order valence-electron chi connectivity index (χ3n) is 2.73. The number of carbonyl (C=O) groups is 2. The first-order valence-corrected chi connectivity index (χ1v) is 5.93. The van der Waals surface area contributed by atoms with Crippen molar-refractivity contribution in [2.24, 2.45) is 0 Å². The largest absolute Gasteiger partial charge is 0.480 e. The highest BCUT2D eigenvalue weighted by molar-refractivity contribution is 5.83. The van der Waals surface area contributed by atoms with Crippen LogP contribution in [0.15, 0.2) is 0 Å². The van der Waals surface area contributed by atoms with E-state index >= 15 is 0 Å². The van der Waals surface area contributed by atoms with Gasteiger partial charge in [0.2, 0.25) is 0 Å². The van der Waals surface area contributed by atoms with Gasteiger partial charge in [0.15, 0.2) is 6.04 Å². The Bertz CT molecular complexity index is 311. The van der Waals surface area contributed by atoms with Crippen LogP contribution in [-0.4, -0.2) is 64.6 Å². The van der Waals surface area contributed by atoms with Crippen molar-refractivity contribution in [1.29, 1.82) is 0 Å². The fourth-order valence-electron chi connectivity index (χ4n) is 1.96. The number of hydrogen-bond donors (Lipinski definition) is 3. The van der Waals surface area contributed by atoms with Gasteiger partial charge in [0.05, 0.1) is 18.3 Å². The molecule has 7 nitrogen and oxygen atoms in total. The Morgan fingerprint density at radius 3 is 2.22 bits per heavy atom. The predicted molar refractivity (Wildman–Crippen MR) is 63.2 cm³/mol. The van der Waals surface area contributed by atoms with E-state index < -0.39 is 24.1 Å². The molecule has 0 spiro atoms. The van der Waals surface area contributed by atoms with Crippen LogP contribution in [-0.2, 0) is 9.53 Å². The maximum absolute atomic E-state index is 11.9. The number of hydrogen-bond acceptors (Lipinski definition) is 4. The Labute approximate surface area is 106 Å². The molecule has 0 aromatic carbocycles. The van der Waals surface area contributed by atoms with Crippen LogP contribution in [0.3, 0.4) is 0 Å². The van der Waals surface area contributed by atoms with Crippen LogP contribution in [0.4, 0.5) is 4.79 Å². The minimum absolute atomic E-state index is 0.0886. The maximum Gasteiger partial charge on any atom is 0.328 e. The maximum atomic E-state index is 11.9. The molecule has 4 atom stereocenters. The summed E-state index contributed by atoms with van der Waals surface area (Å²) in [6.07, 6.45) is -1.33. The summed E-state index contributed by atoms with van der Waals surface area (Å²) in [5, 5.41) is 20.5. The topological polar surface area (TPSA) is 99.1 Å². The van der Waals surface area contributed by atoms with Crippen LogP contribution >= 0.6 is 0 Å². The van der Waals surface area contributed by atoms with Crippen molar-refractivity contribution >= 4 is 12.0 Å². The van der Waals surface area contributed by atoms with Crippen molar-refractivity contribution in [1.82, 2.24) is 10.2 Å². The van der Waals surface area contributed by atoms with Gasteiger partial charge in [0.1, 0.15) is 0 Å². The molecular formula is C11H20N2O5. The monoisotopic (exact) mass is 260 g/mol. The lowest BCUT2D eigenvalue weighted by Crippen LogP contribution is -2.56. The molecule has 0 radical (unpaired) electrons. The minimum atomic E-state index is -1.30. The first-order valence-electron chi connectivity index (χ1n) is 5.93. The number of aliphatic hydroxyl groups is 1. The molecule has 7 heteroatoms. The van der Waals surface area contributed by atoms with Crippen LogP contribution in [0.5, 0.6) is 0 Å². The number of urea groups is 1. The number of morpholine rings is 1. The first-order chi connectivity index (χ1) is 8.31. The summed E-state index contributed by atoms with van der Waals surface area (Å²) in [6.45, 7) is 5.83.